The van der Waals surface area contributed by atoms with E-state index in [1.54, 1.807) is 7.11 Å². The van der Waals surface area contributed by atoms with Gasteiger partial charge >= 0.3 is 0 Å². The molecular weight excluding hydrogens is 294 g/mol. The van der Waals surface area contributed by atoms with Gasteiger partial charge in [0.1, 0.15) is 5.82 Å². The molecule has 1 atom stereocenters. The van der Waals surface area contributed by atoms with E-state index in [1.807, 2.05) is 18.3 Å². The zero-order chi connectivity index (χ0) is 15.6. The Morgan fingerprint density at radius 3 is 3.26 bits per heavy atom. The Morgan fingerprint density at radius 2 is 2.35 bits per heavy atom. The molecule has 3 heterocycles. The minimum atomic E-state index is 0.262. The number of rotatable bonds is 5. The lowest BCUT2D eigenvalue weighted by Gasteiger charge is -2.24. The second kappa shape index (κ2) is 6.12. The lowest BCUT2D eigenvalue weighted by molar-refractivity contribution is 0.171. The number of fused-ring (bicyclic) bond motifs is 2. The van der Waals surface area contributed by atoms with Gasteiger partial charge in [-0.3, -0.25) is 0 Å². The second-order valence-electron chi connectivity index (χ2n) is 6.06. The molecule has 1 unspecified atom stereocenters. The van der Waals surface area contributed by atoms with Crippen molar-refractivity contribution in [2.24, 2.45) is 5.92 Å². The van der Waals surface area contributed by atoms with Crippen LogP contribution in [-0.4, -0.2) is 30.0 Å². The topological polar surface area (TPSA) is 57.5 Å². The predicted molar refractivity (Wildman–Crippen MR) is 84.9 cm³/mol. The fourth-order valence-electron chi connectivity index (χ4n) is 3.31. The summed E-state index contributed by atoms with van der Waals surface area (Å²) in [5.74, 6) is 4.06. The Bertz CT molecular complexity index is 698. The average molecular weight is 315 g/mol. The maximum Gasteiger partial charge on any atom is 0.231 e. The van der Waals surface area contributed by atoms with E-state index in [1.165, 1.54) is 12.2 Å². The first-order valence-electron chi connectivity index (χ1n) is 8.00. The third-order valence-corrected chi connectivity index (χ3v) is 4.51. The number of methoxy groups -OCH3 is 1. The van der Waals surface area contributed by atoms with Crippen molar-refractivity contribution in [2.45, 2.75) is 25.9 Å². The molecule has 1 aromatic heterocycles. The molecule has 0 amide bonds. The van der Waals surface area contributed by atoms with Crippen molar-refractivity contribution in [1.29, 1.82) is 0 Å². The summed E-state index contributed by atoms with van der Waals surface area (Å²) in [5.41, 5.74) is 1.14. The molecule has 0 aliphatic carbocycles. The highest BCUT2D eigenvalue weighted by Gasteiger charge is 2.21. The van der Waals surface area contributed by atoms with E-state index in [-0.39, 0.29) is 6.79 Å². The first-order chi connectivity index (χ1) is 11.3. The number of aromatic nitrogens is 2. The first-order valence-corrected chi connectivity index (χ1v) is 8.00. The molecule has 0 spiro atoms. The molecule has 6 nitrogen and oxygen atoms in total. The number of nitrogens with zero attached hydrogens (tertiary/aromatic N) is 2. The first kappa shape index (κ1) is 14.4. The van der Waals surface area contributed by atoms with Gasteiger partial charge in [-0.05, 0) is 36.6 Å². The largest absolute Gasteiger partial charge is 0.493 e. The Labute approximate surface area is 135 Å². The molecule has 0 radical (unpaired) electrons. The van der Waals surface area contributed by atoms with Gasteiger partial charge in [-0.1, -0.05) is 0 Å². The van der Waals surface area contributed by atoms with E-state index in [2.05, 4.69) is 21.1 Å². The number of hydrogen-bond acceptors (Lipinski definition) is 5. The highest BCUT2D eigenvalue weighted by atomic mass is 16.7. The van der Waals surface area contributed by atoms with Crippen LogP contribution in [-0.2, 0) is 19.5 Å². The maximum atomic E-state index is 5.47. The highest BCUT2D eigenvalue weighted by molar-refractivity contribution is 5.55. The third kappa shape index (κ3) is 2.86. The summed E-state index contributed by atoms with van der Waals surface area (Å²) in [7, 11) is 1.65. The second-order valence-corrected chi connectivity index (χ2v) is 6.06. The van der Waals surface area contributed by atoms with Crippen molar-refractivity contribution in [3.8, 4) is 17.2 Å². The summed E-state index contributed by atoms with van der Waals surface area (Å²) in [5, 5.41) is 3.55. The normalized spacial score (nSPS) is 18.7. The lowest BCUT2D eigenvalue weighted by Crippen LogP contribution is -2.29. The summed E-state index contributed by atoms with van der Waals surface area (Å²) in [6.45, 7) is 3.10. The molecule has 0 saturated carbocycles. The maximum absolute atomic E-state index is 5.47. The van der Waals surface area contributed by atoms with Crippen molar-refractivity contribution in [2.75, 3.05) is 20.4 Å². The van der Waals surface area contributed by atoms with Crippen LogP contribution in [0.4, 0.5) is 0 Å². The number of imidazole rings is 1. The SMILES string of the molecule is COc1cc(CNCC2CCc3nccn3C2)cc2c1OCO2. The van der Waals surface area contributed by atoms with Crippen LogP contribution in [0.2, 0.25) is 0 Å². The van der Waals surface area contributed by atoms with Gasteiger partial charge in [0.15, 0.2) is 11.5 Å². The van der Waals surface area contributed by atoms with Crippen molar-refractivity contribution >= 4 is 0 Å². The summed E-state index contributed by atoms with van der Waals surface area (Å²) in [6.07, 6.45) is 6.22. The molecule has 2 aliphatic heterocycles. The van der Waals surface area contributed by atoms with E-state index in [0.717, 1.165) is 43.1 Å². The van der Waals surface area contributed by atoms with E-state index in [4.69, 9.17) is 14.2 Å². The van der Waals surface area contributed by atoms with Crippen LogP contribution in [0.15, 0.2) is 24.5 Å². The average Bonchev–Trinajstić information content (AvgIpc) is 3.22. The molecule has 6 heteroatoms. The molecule has 2 aliphatic rings. The van der Waals surface area contributed by atoms with Crippen LogP contribution in [0.1, 0.15) is 17.8 Å². The standard InChI is InChI=1S/C17H21N3O3/c1-21-14-6-13(7-15-17(14)23-11-22-15)9-18-8-12-2-3-16-19-4-5-20(16)10-12/h4-7,12,18H,2-3,8-11H2,1H3. The fraction of sp³-hybridized carbons (Fsp3) is 0.471. The Morgan fingerprint density at radius 1 is 1.39 bits per heavy atom. The van der Waals surface area contributed by atoms with Gasteiger partial charge in [-0.25, -0.2) is 4.98 Å². The number of nitrogens with one attached hydrogen (secondary N) is 1. The van der Waals surface area contributed by atoms with Gasteiger partial charge < -0.3 is 24.1 Å². The quantitative estimate of drug-likeness (QED) is 0.914. The van der Waals surface area contributed by atoms with Crippen LogP contribution in [0.3, 0.4) is 0 Å². The molecule has 2 aromatic rings. The molecule has 4 rings (SSSR count). The summed E-state index contributed by atoms with van der Waals surface area (Å²) < 4.78 is 18.5. The molecule has 122 valence electrons. The molecule has 1 N–H and O–H groups in total. The van der Waals surface area contributed by atoms with E-state index in [9.17, 15) is 0 Å². The molecule has 0 fully saturated rings. The van der Waals surface area contributed by atoms with E-state index < -0.39 is 0 Å². The minimum absolute atomic E-state index is 0.262. The van der Waals surface area contributed by atoms with Crippen molar-refractivity contribution in [1.82, 2.24) is 14.9 Å². The monoisotopic (exact) mass is 315 g/mol. The van der Waals surface area contributed by atoms with Crippen LogP contribution in [0.25, 0.3) is 0 Å². The molecule has 23 heavy (non-hydrogen) atoms. The molecule has 1 aromatic carbocycles. The van der Waals surface area contributed by atoms with E-state index in [0.29, 0.717) is 11.7 Å². The van der Waals surface area contributed by atoms with Crippen LogP contribution >= 0.6 is 0 Å². The Kier molecular flexibility index (Phi) is 3.83. The summed E-state index contributed by atoms with van der Waals surface area (Å²) >= 11 is 0. The van der Waals surface area contributed by atoms with Crippen molar-refractivity contribution in [3.63, 3.8) is 0 Å². The van der Waals surface area contributed by atoms with Crippen molar-refractivity contribution < 1.29 is 14.2 Å². The van der Waals surface area contributed by atoms with Crippen LogP contribution in [0, 0.1) is 5.92 Å². The molecule has 0 bridgehead atoms. The van der Waals surface area contributed by atoms with Gasteiger partial charge in [0, 0.05) is 31.9 Å². The number of aryl methyl sites for hydroxylation is 1. The van der Waals surface area contributed by atoms with Crippen LogP contribution < -0.4 is 19.5 Å². The smallest absolute Gasteiger partial charge is 0.231 e. The zero-order valence-corrected chi connectivity index (χ0v) is 13.2. The predicted octanol–water partition coefficient (Wildman–Crippen LogP) is 1.97. The summed E-state index contributed by atoms with van der Waals surface area (Å²) in [4.78, 5) is 4.37. The lowest BCUT2D eigenvalue weighted by atomic mass is 9.99. The third-order valence-electron chi connectivity index (χ3n) is 4.51. The van der Waals surface area contributed by atoms with Crippen LogP contribution in [0.5, 0.6) is 17.2 Å². The van der Waals surface area contributed by atoms with Gasteiger partial charge in [0.25, 0.3) is 0 Å². The summed E-state index contributed by atoms with van der Waals surface area (Å²) in [6, 6.07) is 4.03. The van der Waals surface area contributed by atoms with Gasteiger partial charge in [-0.2, -0.15) is 0 Å². The van der Waals surface area contributed by atoms with E-state index >= 15 is 0 Å². The number of ether oxygens (including phenoxy) is 3. The van der Waals surface area contributed by atoms with Gasteiger partial charge in [0.05, 0.1) is 7.11 Å². The minimum Gasteiger partial charge on any atom is -0.493 e. The number of benzene rings is 1. The fourth-order valence-corrected chi connectivity index (χ4v) is 3.31. The van der Waals surface area contributed by atoms with Crippen molar-refractivity contribution in [3.05, 3.63) is 35.9 Å². The zero-order valence-electron chi connectivity index (χ0n) is 13.2. The number of hydrogen-bond donors (Lipinski definition) is 1. The molecule has 0 saturated heterocycles. The van der Waals surface area contributed by atoms with Gasteiger partial charge in [-0.15, -0.1) is 0 Å². The Balaban J connectivity index is 1.35. The Hall–Kier alpha value is -2.21. The highest BCUT2D eigenvalue weighted by Crippen LogP contribution is 2.41. The van der Waals surface area contributed by atoms with Gasteiger partial charge in [0.2, 0.25) is 12.5 Å². The molecular formula is C17H21N3O3.